The maximum Gasteiger partial charge on any atom is 0.303 e. The van der Waals surface area contributed by atoms with Crippen LogP contribution < -0.4 is 10.6 Å². The first kappa shape index (κ1) is 13.4. The van der Waals surface area contributed by atoms with Crippen molar-refractivity contribution >= 4 is 5.97 Å². The molecule has 14 heavy (non-hydrogen) atoms. The quantitative estimate of drug-likeness (QED) is 0.485. The lowest BCUT2D eigenvalue weighted by Gasteiger charge is -2.14. The number of nitrogens with one attached hydrogen (secondary N) is 2. The summed E-state index contributed by atoms with van der Waals surface area (Å²) in [5.74, 6) is -0.689. The van der Waals surface area contributed by atoms with Crippen LogP contribution in [0.1, 0.15) is 32.1 Å². The van der Waals surface area contributed by atoms with E-state index >= 15 is 0 Å². The van der Waals surface area contributed by atoms with Crippen molar-refractivity contribution in [1.29, 1.82) is 0 Å². The Hall–Kier alpha value is -0.610. The summed E-state index contributed by atoms with van der Waals surface area (Å²) in [5, 5.41) is 14.8. The normalized spacial score (nSPS) is 12.7. The van der Waals surface area contributed by atoms with Crippen LogP contribution in [-0.2, 0) is 4.79 Å². The Kier molecular flexibility index (Phi) is 8.57. The van der Waals surface area contributed by atoms with Gasteiger partial charge >= 0.3 is 5.97 Å². The van der Waals surface area contributed by atoms with Gasteiger partial charge in [-0.2, -0.15) is 0 Å². The maximum absolute atomic E-state index is 10.2. The van der Waals surface area contributed by atoms with E-state index in [9.17, 15) is 4.79 Å². The van der Waals surface area contributed by atoms with Crippen LogP contribution >= 0.6 is 0 Å². The van der Waals surface area contributed by atoms with Gasteiger partial charge in [0.15, 0.2) is 0 Å². The number of likely N-dealkylation sites (N-methyl/N-ethyl adjacent to an activating group) is 2. The lowest BCUT2D eigenvalue weighted by molar-refractivity contribution is -0.137. The Morgan fingerprint density at radius 3 is 2.50 bits per heavy atom. The van der Waals surface area contributed by atoms with Gasteiger partial charge in [0.2, 0.25) is 0 Å². The maximum atomic E-state index is 10.2. The molecule has 0 aliphatic carbocycles. The van der Waals surface area contributed by atoms with Crippen molar-refractivity contribution in [3.05, 3.63) is 0 Å². The van der Waals surface area contributed by atoms with Gasteiger partial charge in [0.25, 0.3) is 0 Å². The SMILES string of the molecule is CNCC(CCCCCC(=O)O)NC. The summed E-state index contributed by atoms with van der Waals surface area (Å²) in [6.07, 6.45) is 4.31. The van der Waals surface area contributed by atoms with Gasteiger partial charge in [0.05, 0.1) is 0 Å². The van der Waals surface area contributed by atoms with Crippen LogP contribution in [0.2, 0.25) is 0 Å². The second-order valence-electron chi connectivity index (χ2n) is 3.54. The van der Waals surface area contributed by atoms with Gasteiger partial charge in [0.1, 0.15) is 0 Å². The number of aliphatic carboxylic acids is 1. The van der Waals surface area contributed by atoms with E-state index in [2.05, 4.69) is 10.6 Å². The first-order chi connectivity index (χ1) is 6.70. The molecule has 0 aromatic heterocycles. The molecule has 0 aromatic carbocycles. The van der Waals surface area contributed by atoms with E-state index in [0.717, 1.165) is 32.2 Å². The summed E-state index contributed by atoms with van der Waals surface area (Å²) in [6, 6.07) is 0.504. The molecule has 1 atom stereocenters. The summed E-state index contributed by atoms with van der Waals surface area (Å²) < 4.78 is 0. The number of rotatable bonds is 9. The molecule has 0 fully saturated rings. The van der Waals surface area contributed by atoms with Gasteiger partial charge < -0.3 is 15.7 Å². The van der Waals surface area contributed by atoms with E-state index in [1.807, 2.05) is 14.1 Å². The Labute approximate surface area is 86.1 Å². The van der Waals surface area contributed by atoms with Gasteiger partial charge in [-0.3, -0.25) is 4.79 Å². The lowest BCUT2D eigenvalue weighted by atomic mass is 10.1. The lowest BCUT2D eigenvalue weighted by Crippen LogP contribution is -2.34. The third kappa shape index (κ3) is 8.01. The number of carboxylic acids is 1. The van der Waals surface area contributed by atoms with E-state index < -0.39 is 5.97 Å². The number of unbranched alkanes of at least 4 members (excludes halogenated alkanes) is 2. The minimum absolute atomic E-state index is 0.302. The van der Waals surface area contributed by atoms with Crippen molar-refractivity contribution in [2.24, 2.45) is 0 Å². The van der Waals surface area contributed by atoms with Crippen molar-refractivity contribution in [3.63, 3.8) is 0 Å². The van der Waals surface area contributed by atoms with Crippen molar-refractivity contribution < 1.29 is 9.90 Å². The molecule has 0 heterocycles. The van der Waals surface area contributed by atoms with E-state index in [-0.39, 0.29) is 0 Å². The summed E-state index contributed by atoms with van der Waals surface area (Å²) in [4.78, 5) is 10.2. The number of carbonyl (C=O) groups is 1. The van der Waals surface area contributed by atoms with Crippen LogP contribution in [0.15, 0.2) is 0 Å². The molecule has 0 aliphatic rings. The second-order valence-corrected chi connectivity index (χ2v) is 3.54. The van der Waals surface area contributed by atoms with E-state index in [1.54, 1.807) is 0 Å². The molecule has 4 heteroatoms. The number of hydrogen-bond acceptors (Lipinski definition) is 3. The largest absolute Gasteiger partial charge is 0.481 e. The van der Waals surface area contributed by atoms with Gasteiger partial charge in [-0.15, -0.1) is 0 Å². The summed E-state index contributed by atoms with van der Waals surface area (Å²) in [6.45, 7) is 0.968. The molecular weight excluding hydrogens is 180 g/mol. The first-order valence-corrected chi connectivity index (χ1v) is 5.24. The van der Waals surface area contributed by atoms with Crippen molar-refractivity contribution in [3.8, 4) is 0 Å². The average molecular weight is 202 g/mol. The highest BCUT2D eigenvalue weighted by Crippen LogP contribution is 2.05. The monoisotopic (exact) mass is 202 g/mol. The molecule has 0 radical (unpaired) electrons. The summed E-state index contributed by atoms with van der Waals surface area (Å²) in [7, 11) is 3.90. The van der Waals surface area contributed by atoms with Crippen molar-refractivity contribution in [1.82, 2.24) is 10.6 Å². The highest BCUT2D eigenvalue weighted by atomic mass is 16.4. The van der Waals surface area contributed by atoms with Crippen LogP contribution in [0, 0.1) is 0 Å². The summed E-state index contributed by atoms with van der Waals surface area (Å²) in [5.41, 5.74) is 0. The van der Waals surface area contributed by atoms with E-state index in [1.165, 1.54) is 0 Å². The molecule has 0 bridgehead atoms. The predicted octanol–water partition coefficient (Wildman–Crippen LogP) is 0.829. The van der Waals surface area contributed by atoms with Crippen LogP contribution in [-0.4, -0.2) is 37.8 Å². The standard InChI is InChI=1S/C10H22N2O2/c1-11-8-9(12-2)6-4-3-5-7-10(13)14/h9,11-12H,3-8H2,1-2H3,(H,13,14). The van der Waals surface area contributed by atoms with Gasteiger partial charge in [0, 0.05) is 19.0 Å². The molecule has 0 spiro atoms. The fourth-order valence-electron chi connectivity index (χ4n) is 1.44. The molecule has 4 nitrogen and oxygen atoms in total. The Bertz CT molecular complexity index is 151. The van der Waals surface area contributed by atoms with Gasteiger partial charge in [-0.25, -0.2) is 0 Å². The Balaban J connectivity index is 3.28. The molecule has 0 saturated carbocycles. The second kappa shape index (κ2) is 8.97. The van der Waals surface area contributed by atoms with Crippen LogP contribution in [0.5, 0.6) is 0 Å². The minimum Gasteiger partial charge on any atom is -0.481 e. The number of carboxylic acid groups (broad SMARTS) is 1. The zero-order chi connectivity index (χ0) is 10.8. The zero-order valence-corrected chi connectivity index (χ0v) is 9.18. The molecule has 0 aliphatic heterocycles. The van der Waals surface area contributed by atoms with Crippen LogP contribution in [0.3, 0.4) is 0 Å². The fourth-order valence-corrected chi connectivity index (χ4v) is 1.44. The van der Waals surface area contributed by atoms with Crippen molar-refractivity contribution in [2.45, 2.75) is 38.1 Å². The highest BCUT2D eigenvalue weighted by Gasteiger charge is 2.04. The number of hydrogen-bond donors (Lipinski definition) is 3. The molecule has 0 rings (SSSR count). The Morgan fingerprint density at radius 1 is 1.29 bits per heavy atom. The topological polar surface area (TPSA) is 61.4 Å². The van der Waals surface area contributed by atoms with Crippen LogP contribution in [0.4, 0.5) is 0 Å². The molecule has 0 saturated heterocycles. The molecule has 84 valence electrons. The Morgan fingerprint density at radius 2 is 2.00 bits per heavy atom. The summed E-state index contributed by atoms with van der Waals surface area (Å²) >= 11 is 0. The smallest absolute Gasteiger partial charge is 0.303 e. The van der Waals surface area contributed by atoms with E-state index in [0.29, 0.717) is 12.5 Å². The fraction of sp³-hybridized carbons (Fsp3) is 0.900. The first-order valence-electron chi connectivity index (χ1n) is 5.24. The average Bonchev–Trinajstić information content (AvgIpc) is 2.15. The van der Waals surface area contributed by atoms with Crippen molar-refractivity contribution in [2.75, 3.05) is 20.6 Å². The van der Waals surface area contributed by atoms with Gasteiger partial charge in [-0.05, 0) is 26.9 Å². The molecular formula is C10H22N2O2. The molecule has 3 N–H and O–H groups in total. The molecule has 1 unspecified atom stereocenters. The molecule has 0 amide bonds. The molecule has 0 aromatic rings. The van der Waals surface area contributed by atoms with Gasteiger partial charge in [-0.1, -0.05) is 12.8 Å². The predicted molar refractivity (Wildman–Crippen MR) is 57.5 cm³/mol. The minimum atomic E-state index is -0.689. The van der Waals surface area contributed by atoms with Crippen LogP contribution in [0.25, 0.3) is 0 Å². The third-order valence-electron chi connectivity index (χ3n) is 2.30. The zero-order valence-electron chi connectivity index (χ0n) is 9.18. The van der Waals surface area contributed by atoms with E-state index in [4.69, 9.17) is 5.11 Å². The highest BCUT2D eigenvalue weighted by molar-refractivity contribution is 5.66. The third-order valence-corrected chi connectivity index (χ3v) is 2.30.